The van der Waals surface area contributed by atoms with Crippen LogP contribution < -0.4 is 9.64 Å². The summed E-state index contributed by atoms with van der Waals surface area (Å²) >= 11 is 4.84. The van der Waals surface area contributed by atoms with Gasteiger partial charge in [-0.2, -0.15) is 0 Å². The van der Waals surface area contributed by atoms with Gasteiger partial charge in [-0.1, -0.05) is 29.5 Å². The van der Waals surface area contributed by atoms with E-state index in [4.69, 9.17) is 9.47 Å². The van der Waals surface area contributed by atoms with Crippen molar-refractivity contribution in [2.24, 2.45) is 0 Å². The first-order chi connectivity index (χ1) is 11.7. The van der Waals surface area contributed by atoms with Gasteiger partial charge in [0.2, 0.25) is 0 Å². The van der Waals surface area contributed by atoms with Crippen LogP contribution in [-0.2, 0) is 4.74 Å². The van der Waals surface area contributed by atoms with Gasteiger partial charge in [-0.15, -0.1) is 0 Å². The Morgan fingerprint density at radius 3 is 2.71 bits per heavy atom. The predicted molar refractivity (Wildman–Crippen MR) is 98.1 cm³/mol. The summed E-state index contributed by atoms with van der Waals surface area (Å²) in [4.78, 5) is 18.5. The van der Waals surface area contributed by atoms with Crippen LogP contribution in [0.15, 0.2) is 34.2 Å². The number of benzene rings is 1. The maximum absolute atomic E-state index is 12.1. The molecule has 1 aromatic carbocycles. The van der Waals surface area contributed by atoms with Crippen LogP contribution in [0.3, 0.4) is 0 Å². The van der Waals surface area contributed by atoms with Crippen molar-refractivity contribution in [1.29, 1.82) is 0 Å². The Morgan fingerprint density at radius 2 is 2.04 bits per heavy atom. The number of anilines is 1. The number of aromatic nitrogens is 1. The molecule has 2 heterocycles. The summed E-state index contributed by atoms with van der Waals surface area (Å²) in [5.74, 6) is 0.542. The van der Waals surface area contributed by atoms with E-state index in [-0.39, 0.29) is 12.1 Å². The second-order valence-electron chi connectivity index (χ2n) is 5.46. The highest BCUT2D eigenvalue weighted by molar-refractivity contribution is 9.11. The van der Waals surface area contributed by atoms with E-state index in [1.807, 2.05) is 30.3 Å². The maximum atomic E-state index is 12.1. The first-order valence-corrected chi connectivity index (χ1v) is 9.58. The number of carbonyl (C=O) groups is 1. The molecule has 24 heavy (non-hydrogen) atoms. The van der Waals surface area contributed by atoms with Crippen LogP contribution in [0.1, 0.15) is 30.3 Å². The molecule has 5 nitrogen and oxygen atoms in total. The highest BCUT2D eigenvalue weighted by atomic mass is 79.9. The van der Waals surface area contributed by atoms with Crippen molar-refractivity contribution in [3.05, 3.63) is 39.9 Å². The molecule has 1 saturated heterocycles. The lowest BCUT2D eigenvalue weighted by molar-refractivity contribution is 0.0521. The third-order valence-corrected chi connectivity index (χ3v) is 5.39. The van der Waals surface area contributed by atoms with Gasteiger partial charge in [0.1, 0.15) is 16.9 Å². The zero-order chi connectivity index (χ0) is 16.9. The van der Waals surface area contributed by atoms with E-state index in [1.54, 1.807) is 6.92 Å². The lowest BCUT2D eigenvalue weighted by Gasteiger charge is -2.32. The summed E-state index contributed by atoms with van der Waals surface area (Å²) in [6.45, 7) is 3.81. The van der Waals surface area contributed by atoms with Gasteiger partial charge in [-0.25, -0.2) is 9.78 Å². The van der Waals surface area contributed by atoms with Crippen LogP contribution in [0, 0.1) is 0 Å². The third kappa shape index (κ3) is 4.08. The SMILES string of the molecule is CCOC(=O)c1nc(Br)sc1N1CCC(Oc2ccccc2)CC1. The lowest BCUT2D eigenvalue weighted by Crippen LogP contribution is -2.38. The van der Waals surface area contributed by atoms with Crippen LogP contribution in [0.25, 0.3) is 0 Å². The van der Waals surface area contributed by atoms with Gasteiger partial charge in [0.05, 0.1) is 6.61 Å². The maximum Gasteiger partial charge on any atom is 0.360 e. The minimum atomic E-state index is -0.364. The Balaban J connectivity index is 1.63. The summed E-state index contributed by atoms with van der Waals surface area (Å²) in [5, 5.41) is 0.874. The molecule has 3 rings (SSSR count). The van der Waals surface area contributed by atoms with Crippen molar-refractivity contribution in [3.63, 3.8) is 0 Å². The number of rotatable bonds is 5. The van der Waals surface area contributed by atoms with Gasteiger partial charge in [0, 0.05) is 25.9 Å². The fourth-order valence-electron chi connectivity index (χ4n) is 2.70. The Kier molecular flexibility index (Phi) is 5.73. The van der Waals surface area contributed by atoms with E-state index < -0.39 is 0 Å². The molecule has 0 N–H and O–H groups in total. The zero-order valence-electron chi connectivity index (χ0n) is 13.4. The third-order valence-electron chi connectivity index (χ3n) is 3.83. The molecular weight excluding hydrogens is 392 g/mol. The Labute approximate surface area is 153 Å². The van der Waals surface area contributed by atoms with Crippen LogP contribution >= 0.6 is 27.3 Å². The number of ether oxygens (including phenoxy) is 2. The Hall–Kier alpha value is -1.60. The molecule has 0 amide bonds. The smallest absolute Gasteiger partial charge is 0.360 e. The number of piperidine rings is 1. The van der Waals surface area contributed by atoms with Crippen LogP contribution in [-0.4, -0.2) is 36.8 Å². The van der Waals surface area contributed by atoms with Gasteiger partial charge < -0.3 is 14.4 Å². The fourth-order valence-corrected chi connectivity index (χ4v) is 4.17. The van der Waals surface area contributed by atoms with Crippen LogP contribution in [0.5, 0.6) is 5.75 Å². The van der Waals surface area contributed by atoms with Crippen molar-refractivity contribution in [2.75, 3.05) is 24.6 Å². The second kappa shape index (κ2) is 7.98. The summed E-state index contributed by atoms with van der Waals surface area (Å²) < 4.78 is 11.8. The summed E-state index contributed by atoms with van der Waals surface area (Å²) in [6.07, 6.45) is 2.02. The van der Waals surface area contributed by atoms with E-state index in [0.29, 0.717) is 16.2 Å². The van der Waals surface area contributed by atoms with Crippen molar-refractivity contribution in [1.82, 2.24) is 4.98 Å². The molecule has 1 aromatic heterocycles. The Bertz CT molecular complexity index is 684. The molecule has 1 fully saturated rings. The van der Waals surface area contributed by atoms with Crippen molar-refractivity contribution in [2.45, 2.75) is 25.9 Å². The molecule has 0 saturated carbocycles. The van der Waals surface area contributed by atoms with Gasteiger partial charge >= 0.3 is 5.97 Å². The first-order valence-electron chi connectivity index (χ1n) is 7.97. The number of thiazole rings is 1. The largest absolute Gasteiger partial charge is 0.490 e. The molecule has 1 aliphatic rings. The van der Waals surface area contributed by atoms with Crippen molar-refractivity contribution >= 4 is 38.2 Å². The topological polar surface area (TPSA) is 51.7 Å². The number of halogens is 1. The Morgan fingerprint density at radius 1 is 1.33 bits per heavy atom. The average Bonchev–Trinajstić information content (AvgIpc) is 2.99. The predicted octanol–water partition coefficient (Wildman–Crippen LogP) is 4.13. The van der Waals surface area contributed by atoms with Crippen molar-refractivity contribution in [3.8, 4) is 5.75 Å². The minimum absolute atomic E-state index is 0.200. The number of carbonyl (C=O) groups excluding carboxylic acids is 1. The highest BCUT2D eigenvalue weighted by Crippen LogP contribution is 2.34. The number of para-hydroxylation sites is 1. The number of esters is 1. The molecule has 2 aromatic rings. The van der Waals surface area contributed by atoms with E-state index in [2.05, 4.69) is 25.8 Å². The normalized spacial score (nSPS) is 15.3. The lowest BCUT2D eigenvalue weighted by atomic mass is 10.1. The number of hydrogen-bond acceptors (Lipinski definition) is 6. The molecule has 0 atom stereocenters. The van der Waals surface area contributed by atoms with E-state index in [0.717, 1.165) is 36.7 Å². The molecule has 0 aliphatic carbocycles. The number of nitrogens with zero attached hydrogens (tertiary/aromatic N) is 2. The molecule has 0 unspecified atom stereocenters. The van der Waals surface area contributed by atoms with Gasteiger partial charge in [-0.05, 0) is 35.0 Å². The number of hydrogen-bond donors (Lipinski definition) is 0. The molecule has 128 valence electrons. The molecule has 7 heteroatoms. The molecule has 0 radical (unpaired) electrons. The standard InChI is InChI=1S/C17H19BrN2O3S/c1-2-22-16(21)14-15(24-17(18)19-14)20-10-8-13(9-11-20)23-12-6-4-3-5-7-12/h3-7,13H,2,8-11H2,1H3. The first kappa shape index (κ1) is 17.2. The monoisotopic (exact) mass is 410 g/mol. The highest BCUT2D eigenvalue weighted by Gasteiger charge is 2.27. The average molecular weight is 411 g/mol. The van der Waals surface area contributed by atoms with Crippen LogP contribution in [0.4, 0.5) is 5.00 Å². The van der Waals surface area contributed by atoms with Gasteiger partial charge in [0.15, 0.2) is 9.61 Å². The molecular formula is C17H19BrN2O3S. The zero-order valence-corrected chi connectivity index (χ0v) is 15.8. The van der Waals surface area contributed by atoms with Crippen LogP contribution in [0.2, 0.25) is 0 Å². The molecule has 1 aliphatic heterocycles. The van der Waals surface area contributed by atoms with Crippen molar-refractivity contribution < 1.29 is 14.3 Å². The van der Waals surface area contributed by atoms with Gasteiger partial charge in [-0.3, -0.25) is 0 Å². The second-order valence-corrected chi connectivity index (χ2v) is 7.71. The van der Waals surface area contributed by atoms with E-state index in [1.165, 1.54) is 11.3 Å². The van der Waals surface area contributed by atoms with E-state index in [9.17, 15) is 4.79 Å². The summed E-state index contributed by atoms with van der Waals surface area (Å²) in [5.41, 5.74) is 0.399. The van der Waals surface area contributed by atoms with E-state index >= 15 is 0 Å². The fraction of sp³-hybridized carbons (Fsp3) is 0.412. The summed E-state index contributed by atoms with van der Waals surface area (Å²) in [6, 6.07) is 9.89. The molecule has 0 bridgehead atoms. The minimum Gasteiger partial charge on any atom is -0.490 e. The summed E-state index contributed by atoms with van der Waals surface area (Å²) in [7, 11) is 0. The molecule has 0 spiro atoms. The quantitative estimate of drug-likeness (QED) is 0.693. The van der Waals surface area contributed by atoms with Gasteiger partial charge in [0.25, 0.3) is 0 Å².